The predicted octanol–water partition coefficient (Wildman–Crippen LogP) is 3.30. The van der Waals surface area contributed by atoms with Crippen LogP contribution in [0.2, 0.25) is 0 Å². The van der Waals surface area contributed by atoms with E-state index in [4.69, 9.17) is 9.78 Å². The molecule has 0 aliphatic rings. The molecule has 0 amide bonds. The zero-order valence-electron chi connectivity index (χ0n) is 12.1. The Labute approximate surface area is 132 Å². The zero-order chi connectivity index (χ0) is 15.4. The maximum Gasteiger partial charge on any atom is 0.241 e. The van der Waals surface area contributed by atoms with Crippen molar-refractivity contribution in [3.05, 3.63) is 58.8 Å². The molecule has 0 aliphatic carbocycles. The van der Waals surface area contributed by atoms with Crippen molar-refractivity contribution < 1.29 is 4.52 Å². The molecule has 0 atom stereocenters. The van der Waals surface area contributed by atoms with E-state index < -0.39 is 0 Å². The molecule has 0 spiro atoms. The Hall–Kier alpha value is -2.49. The van der Waals surface area contributed by atoms with Gasteiger partial charge in [-0.3, -0.25) is 4.90 Å². The third-order valence-corrected chi connectivity index (χ3v) is 3.99. The van der Waals surface area contributed by atoms with Crippen molar-refractivity contribution in [3.63, 3.8) is 0 Å². The van der Waals surface area contributed by atoms with E-state index >= 15 is 0 Å². The lowest BCUT2D eigenvalue weighted by Crippen LogP contribution is -2.17. The smallest absolute Gasteiger partial charge is 0.241 e. The van der Waals surface area contributed by atoms with Gasteiger partial charge in [0.2, 0.25) is 11.7 Å². The molecular weight excluding hydrogens is 296 g/mol. The minimum absolute atomic E-state index is 0.565. The number of nitriles is 1. The van der Waals surface area contributed by atoms with Gasteiger partial charge >= 0.3 is 0 Å². The molecule has 2 aromatic heterocycles. The number of hydrogen-bond acceptors (Lipinski definition) is 6. The molecule has 0 saturated heterocycles. The van der Waals surface area contributed by atoms with E-state index in [1.165, 1.54) is 0 Å². The van der Waals surface area contributed by atoms with Gasteiger partial charge in [-0.15, -0.1) is 11.3 Å². The highest BCUT2D eigenvalue weighted by Crippen LogP contribution is 2.21. The summed E-state index contributed by atoms with van der Waals surface area (Å²) in [4.78, 5) is 7.48. The lowest BCUT2D eigenvalue weighted by molar-refractivity contribution is 0.261. The summed E-state index contributed by atoms with van der Waals surface area (Å²) in [6, 6.07) is 13.7. The Morgan fingerprint density at radius 2 is 2.18 bits per heavy atom. The second kappa shape index (κ2) is 6.52. The first-order valence-corrected chi connectivity index (χ1v) is 7.66. The van der Waals surface area contributed by atoms with Crippen LogP contribution in [0.3, 0.4) is 0 Å². The maximum atomic E-state index is 8.93. The van der Waals surface area contributed by atoms with Gasteiger partial charge in [0, 0.05) is 6.54 Å². The number of rotatable bonds is 5. The van der Waals surface area contributed by atoms with Gasteiger partial charge in [-0.05, 0) is 36.2 Å². The van der Waals surface area contributed by atoms with Gasteiger partial charge in [0.15, 0.2) is 0 Å². The van der Waals surface area contributed by atoms with Crippen molar-refractivity contribution in [2.45, 2.75) is 13.1 Å². The van der Waals surface area contributed by atoms with Gasteiger partial charge in [-0.25, -0.2) is 0 Å². The molecule has 0 saturated carbocycles. The molecule has 0 radical (unpaired) electrons. The van der Waals surface area contributed by atoms with E-state index in [0.717, 1.165) is 10.4 Å². The Kier molecular flexibility index (Phi) is 4.28. The molecule has 0 fully saturated rings. The second-order valence-corrected chi connectivity index (χ2v) is 5.92. The molecule has 5 nitrogen and oxygen atoms in total. The fourth-order valence-corrected chi connectivity index (χ4v) is 2.81. The highest BCUT2D eigenvalue weighted by atomic mass is 32.1. The monoisotopic (exact) mass is 310 g/mol. The number of nitrogens with zero attached hydrogens (tertiary/aromatic N) is 4. The Bertz CT molecular complexity index is 789. The van der Waals surface area contributed by atoms with E-state index in [1.54, 1.807) is 17.4 Å². The van der Waals surface area contributed by atoms with Crippen molar-refractivity contribution in [1.82, 2.24) is 15.0 Å². The van der Waals surface area contributed by atoms with Crippen LogP contribution in [-0.2, 0) is 13.1 Å². The molecule has 22 heavy (non-hydrogen) atoms. The molecule has 3 rings (SSSR count). The van der Waals surface area contributed by atoms with Gasteiger partial charge < -0.3 is 4.52 Å². The first-order chi connectivity index (χ1) is 10.7. The van der Waals surface area contributed by atoms with Crippen LogP contribution in [0.15, 0.2) is 46.3 Å². The summed E-state index contributed by atoms with van der Waals surface area (Å²) in [5, 5.41) is 14.9. The van der Waals surface area contributed by atoms with E-state index in [1.807, 2.05) is 42.8 Å². The molecule has 6 heteroatoms. The van der Waals surface area contributed by atoms with Gasteiger partial charge in [-0.1, -0.05) is 23.4 Å². The summed E-state index contributed by atoms with van der Waals surface area (Å²) in [5.74, 6) is 1.22. The predicted molar refractivity (Wildman–Crippen MR) is 83.9 cm³/mol. The standard InChI is InChI=1S/C16H14N4OS/c1-20(10-13-5-2-4-12(8-13)9-17)11-15-18-16(19-21-15)14-6-3-7-22-14/h2-8H,10-11H2,1H3. The minimum atomic E-state index is 0.565. The van der Waals surface area contributed by atoms with Crippen LogP contribution < -0.4 is 0 Å². The summed E-state index contributed by atoms with van der Waals surface area (Å²) < 4.78 is 5.29. The Morgan fingerprint density at radius 1 is 1.27 bits per heavy atom. The zero-order valence-corrected chi connectivity index (χ0v) is 12.9. The van der Waals surface area contributed by atoms with E-state index in [9.17, 15) is 0 Å². The molecule has 1 aromatic carbocycles. The minimum Gasteiger partial charge on any atom is -0.338 e. The van der Waals surface area contributed by atoms with Crippen molar-refractivity contribution in [2.24, 2.45) is 0 Å². The molecule has 110 valence electrons. The van der Waals surface area contributed by atoms with Crippen molar-refractivity contribution in [3.8, 4) is 16.8 Å². The van der Waals surface area contributed by atoms with Crippen LogP contribution in [0.1, 0.15) is 17.0 Å². The molecule has 3 aromatic rings. The topological polar surface area (TPSA) is 66.0 Å². The Morgan fingerprint density at radius 3 is 2.95 bits per heavy atom. The molecule has 0 unspecified atom stereocenters. The fourth-order valence-electron chi connectivity index (χ4n) is 2.16. The van der Waals surface area contributed by atoms with Gasteiger partial charge in [-0.2, -0.15) is 10.2 Å². The molecular formula is C16H14N4OS. The first kappa shape index (κ1) is 14.4. The highest BCUT2D eigenvalue weighted by Gasteiger charge is 2.11. The van der Waals surface area contributed by atoms with Crippen LogP contribution in [0, 0.1) is 11.3 Å². The number of benzene rings is 1. The Balaban J connectivity index is 1.64. The number of aromatic nitrogens is 2. The van der Waals surface area contributed by atoms with E-state index in [2.05, 4.69) is 21.1 Å². The van der Waals surface area contributed by atoms with Crippen LogP contribution in [-0.4, -0.2) is 22.1 Å². The average molecular weight is 310 g/mol. The normalized spacial score (nSPS) is 10.8. The van der Waals surface area contributed by atoms with Crippen molar-refractivity contribution in [2.75, 3.05) is 7.05 Å². The largest absolute Gasteiger partial charge is 0.338 e. The summed E-state index contributed by atoms with van der Waals surface area (Å²) in [6.45, 7) is 1.28. The SMILES string of the molecule is CN(Cc1cccc(C#N)c1)Cc1nc(-c2cccs2)no1. The van der Waals surface area contributed by atoms with Gasteiger partial charge in [0.25, 0.3) is 0 Å². The summed E-state index contributed by atoms with van der Waals surface area (Å²) in [5.41, 5.74) is 1.75. The third-order valence-electron chi connectivity index (χ3n) is 3.12. The highest BCUT2D eigenvalue weighted by molar-refractivity contribution is 7.13. The molecule has 0 bridgehead atoms. The number of hydrogen-bond donors (Lipinski definition) is 0. The fraction of sp³-hybridized carbons (Fsp3) is 0.188. The molecule has 0 aliphatic heterocycles. The van der Waals surface area contributed by atoms with Crippen LogP contribution in [0.4, 0.5) is 0 Å². The van der Waals surface area contributed by atoms with Crippen molar-refractivity contribution in [1.29, 1.82) is 5.26 Å². The second-order valence-electron chi connectivity index (χ2n) is 4.97. The van der Waals surface area contributed by atoms with Crippen LogP contribution in [0.25, 0.3) is 10.7 Å². The van der Waals surface area contributed by atoms with E-state index in [0.29, 0.717) is 30.4 Å². The quantitative estimate of drug-likeness (QED) is 0.723. The van der Waals surface area contributed by atoms with Crippen LogP contribution >= 0.6 is 11.3 Å². The van der Waals surface area contributed by atoms with Crippen LogP contribution in [0.5, 0.6) is 0 Å². The van der Waals surface area contributed by atoms with Gasteiger partial charge in [0.1, 0.15) is 0 Å². The summed E-state index contributed by atoms with van der Waals surface area (Å²) in [7, 11) is 1.98. The first-order valence-electron chi connectivity index (χ1n) is 6.78. The average Bonchev–Trinajstić information content (AvgIpc) is 3.18. The van der Waals surface area contributed by atoms with E-state index in [-0.39, 0.29) is 0 Å². The maximum absolute atomic E-state index is 8.93. The molecule has 0 N–H and O–H groups in total. The van der Waals surface area contributed by atoms with Crippen molar-refractivity contribution >= 4 is 11.3 Å². The summed E-state index contributed by atoms with van der Waals surface area (Å²) >= 11 is 1.59. The molecule has 2 heterocycles. The lowest BCUT2D eigenvalue weighted by Gasteiger charge is -2.14. The summed E-state index contributed by atoms with van der Waals surface area (Å²) in [6.07, 6.45) is 0. The number of thiophene rings is 1. The van der Waals surface area contributed by atoms with Gasteiger partial charge in [0.05, 0.1) is 23.1 Å². The lowest BCUT2D eigenvalue weighted by atomic mass is 10.1. The third kappa shape index (κ3) is 3.39.